The van der Waals surface area contributed by atoms with Gasteiger partial charge in [-0.1, -0.05) is 26.0 Å². The molecule has 0 saturated heterocycles. The molecule has 2 heteroatoms. The van der Waals surface area contributed by atoms with E-state index in [0.717, 1.165) is 31.5 Å². The average Bonchev–Trinajstić information content (AvgIpc) is 2.34. The Bertz CT molecular complexity index is 272. The van der Waals surface area contributed by atoms with E-state index in [4.69, 9.17) is 0 Å². The lowest BCUT2D eigenvalue weighted by Gasteiger charge is -2.27. The summed E-state index contributed by atoms with van der Waals surface area (Å²) in [6, 6.07) is 0. The molecule has 0 unspecified atom stereocenters. The summed E-state index contributed by atoms with van der Waals surface area (Å²) in [6.45, 7) is 11.9. The van der Waals surface area contributed by atoms with E-state index in [-0.39, 0.29) is 5.78 Å². The van der Waals surface area contributed by atoms with E-state index in [2.05, 4.69) is 24.8 Å². The molecule has 1 aliphatic rings. The van der Waals surface area contributed by atoms with Crippen LogP contribution >= 0.6 is 0 Å². The number of carbonyl (C=O) groups excluding carboxylic acids is 1. The first kappa shape index (κ1) is 14.9. The van der Waals surface area contributed by atoms with Crippen molar-refractivity contribution in [3.8, 4) is 0 Å². The summed E-state index contributed by atoms with van der Waals surface area (Å²) in [4.78, 5) is 13.7. The van der Waals surface area contributed by atoms with Gasteiger partial charge in [0.25, 0.3) is 0 Å². The molecule has 0 N–H and O–H groups in total. The Balaban J connectivity index is 0.00000106. The van der Waals surface area contributed by atoms with Gasteiger partial charge in [0.1, 0.15) is 0 Å². The quantitative estimate of drug-likeness (QED) is 0.726. The van der Waals surface area contributed by atoms with Crippen LogP contribution in [0.5, 0.6) is 0 Å². The summed E-state index contributed by atoms with van der Waals surface area (Å²) >= 11 is 0. The lowest BCUT2D eigenvalue weighted by Crippen LogP contribution is -2.25. The zero-order chi connectivity index (χ0) is 12.6. The average molecular weight is 223 g/mol. The predicted molar refractivity (Wildman–Crippen MR) is 70.4 cm³/mol. The number of hydrogen-bond acceptors (Lipinski definition) is 2. The van der Waals surface area contributed by atoms with Gasteiger partial charge in [0.15, 0.2) is 5.78 Å². The Morgan fingerprint density at radius 1 is 1.31 bits per heavy atom. The Morgan fingerprint density at radius 3 is 2.31 bits per heavy atom. The number of ketones is 1. The van der Waals surface area contributed by atoms with Crippen molar-refractivity contribution in [3.63, 3.8) is 0 Å². The van der Waals surface area contributed by atoms with Crippen LogP contribution in [0.15, 0.2) is 23.4 Å². The largest absolute Gasteiger partial charge is 0.375 e. The number of nitrogens with zero attached hydrogens (tertiary/aromatic N) is 1. The summed E-state index contributed by atoms with van der Waals surface area (Å²) in [5.41, 5.74) is 2.13. The smallest absolute Gasteiger partial charge is 0.161 e. The molecule has 0 aromatic rings. The Labute approximate surface area is 100 Å². The van der Waals surface area contributed by atoms with Crippen molar-refractivity contribution in [3.05, 3.63) is 23.4 Å². The number of Topliss-reactive ketones (excluding diaryl/α,β-unsaturated/α-hetero) is 1. The standard InChI is InChI=1S/C12H19NO.C2H6/c1-4-13(5-2)12-9-7-6-8-11(12)10(3)14;1-2/h6,8H,4-5,7,9H2,1-3H3;1-2H3. The van der Waals surface area contributed by atoms with E-state index in [1.165, 1.54) is 5.70 Å². The van der Waals surface area contributed by atoms with E-state index in [0.29, 0.717) is 0 Å². The van der Waals surface area contributed by atoms with Gasteiger partial charge in [-0.15, -0.1) is 0 Å². The zero-order valence-corrected chi connectivity index (χ0v) is 11.3. The highest BCUT2D eigenvalue weighted by Gasteiger charge is 2.15. The molecular weight excluding hydrogens is 198 g/mol. The summed E-state index contributed by atoms with van der Waals surface area (Å²) in [6.07, 6.45) is 6.12. The summed E-state index contributed by atoms with van der Waals surface area (Å²) < 4.78 is 0. The molecule has 0 bridgehead atoms. The molecule has 0 atom stereocenters. The van der Waals surface area contributed by atoms with Crippen molar-refractivity contribution in [2.45, 2.75) is 47.5 Å². The van der Waals surface area contributed by atoms with Crippen molar-refractivity contribution in [1.29, 1.82) is 0 Å². The second-order valence-corrected chi connectivity index (χ2v) is 3.53. The van der Waals surface area contributed by atoms with Gasteiger partial charge in [-0.2, -0.15) is 0 Å². The van der Waals surface area contributed by atoms with E-state index >= 15 is 0 Å². The molecule has 0 radical (unpaired) electrons. The molecule has 0 saturated carbocycles. The van der Waals surface area contributed by atoms with Crippen molar-refractivity contribution in [1.82, 2.24) is 4.90 Å². The molecule has 0 aromatic heterocycles. The van der Waals surface area contributed by atoms with Gasteiger partial charge in [-0.25, -0.2) is 0 Å². The van der Waals surface area contributed by atoms with Gasteiger partial charge in [0, 0.05) is 24.4 Å². The minimum absolute atomic E-state index is 0.183. The van der Waals surface area contributed by atoms with Crippen LogP contribution in [-0.4, -0.2) is 23.8 Å². The fourth-order valence-corrected chi connectivity index (χ4v) is 1.91. The van der Waals surface area contributed by atoms with Crippen LogP contribution < -0.4 is 0 Å². The number of hydrogen-bond donors (Lipinski definition) is 0. The molecule has 0 aromatic carbocycles. The van der Waals surface area contributed by atoms with Crippen LogP contribution in [-0.2, 0) is 4.79 Å². The molecule has 1 aliphatic carbocycles. The molecule has 0 heterocycles. The Hall–Kier alpha value is -1.05. The van der Waals surface area contributed by atoms with E-state index in [1.54, 1.807) is 6.92 Å². The maximum atomic E-state index is 11.4. The first-order valence-electron chi connectivity index (χ1n) is 6.36. The monoisotopic (exact) mass is 223 g/mol. The molecule has 1 rings (SSSR count). The molecule has 0 aliphatic heterocycles. The summed E-state index contributed by atoms with van der Waals surface area (Å²) in [5.74, 6) is 0.183. The lowest BCUT2D eigenvalue weighted by atomic mass is 9.99. The maximum Gasteiger partial charge on any atom is 0.161 e. The minimum Gasteiger partial charge on any atom is -0.375 e. The topological polar surface area (TPSA) is 20.3 Å². The summed E-state index contributed by atoms with van der Waals surface area (Å²) in [7, 11) is 0. The molecule has 0 amide bonds. The minimum atomic E-state index is 0.183. The molecule has 92 valence electrons. The van der Waals surface area contributed by atoms with Crippen LogP contribution in [0, 0.1) is 0 Å². The molecule has 16 heavy (non-hydrogen) atoms. The predicted octanol–water partition coefficient (Wildman–Crippen LogP) is 3.55. The van der Waals surface area contributed by atoms with Gasteiger partial charge in [0.05, 0.1) is 0 Å². The third kappa shape index (κ3) is 3.84. The highest BCUT2D eigenvalue weighted by atomic mass is 16.1. The van der Waals surface area contributed by atoms with Gasteiger partial charge >= 0.3 is 0 Å². The maximum absolute atomic E-state index is 11.4. The van der Waals surface area contributed by atoms with Crippen LogP contribution in [0.4, 0.5) is 0 Å². The second-order valence-electron chi connectivity index (χ2n) is 3.53. The highest BCUT2D eigenvalue weighted by molar-refractivity contribution is 5.97. The first-order valence-corrected chi connectivity index (χ1v) is 6.36. The number of rotatable bonds is 4. The van der Waals surface area contributed by atoms with E-state index < -0.39 is 0 Å². The third-order valence-corrected chi connectivity index (χ3v) is 2.67. The second kappa shape index (κ2) is 8.14. The Kier molecular flexibility index (Phi) is 7.61. The van der Waals surface area contributed by atoms with Crippen molar-refractivity contribution < 1.29 is 4.79 Å². The lowest BCUT2D eigenvalue weighted by molar-refractivity contribution is -0.113. The fraction of sp³-hybridized carbons (Fsp3) is 0.643. The van der Waals surface area contributed by atoms with Gasteiger partial charge in [-0.05, 0) is 33.6 Å². The van der Waals surface area contributed by atoms with E-state index in [9.17, 15) is 4.79 Å². The molecule has 0 spiro atoms. The molecule has 2 nitrogen and oxygen atoms in total. The van der Waals surface area contributed by atoms with Crippen LogP contribution in [0.2, 0.25) is 0 Å². The van der Waals surface area contributed by atoms with Crippen LogP contribution in [0.1, 0.15) is 47.5 Å². The van der Waals surface area contributed by atoms with Crippen molar-refractivity contribution >= 4 is 5.78 Å². The third-order valence-electron chi connectivity index (χ3n) is 2.67. The van der Waals surface area contributed by atoms with Crippen LogP contribution in [0.25, 0.3) is 0 Å². The van der Waals surface area contributed by atoms with Gasteiger partial charge in [-0.3, -0.25) is 4.79 Å². The van der Waals surface area contributed by atoms with Crippen LogP contribution in [0.3, 0.4) is 0 Å². The fourth-order valence-electron chi connectivity index (χ4n) is 1.91. The normalized spacial score (nSPS) is 14.3. The van der Waals surface area contributed by atoms with Gasteiger partial charge < -0.3 is 4.90 Å². The first-order chi connectivity index (χ1) is 7.70. The molecular formula is C14H25NO. The Morgan fingerprint density at radius 2 is 1.88 bits per heavy atom. The SMILES string of the molecule is CC.CCN(CC)C1=C(C(C)=O)C=CCC1. The number of carbonyl (C=O) groups is 1. The molecule has 0 fully saturated rings. The van der Waals surface area contributed by atoms with Crippen molar-refractivity contribution in [2.75, 3.05) is 13.1 Å². The zero-order valence-electron chi connectivity index (χ0n) is 11.3. The summed E-state index contributed by atoms with van der Waals surface area (Å²) in [5, 5.41) is 0. The number of allylic oxidation sites excluding steroid dienone is 4. The van der Waals surface area contributed by atoms with E-state index in [1.807, 2.05) is 19.9 Å². The van der Waals surface area contributed by atoms with Crippen molar-refractivity contribution in [2.24, 2.45) is 0 Å². The van der Waals surface area contributed by atoms with Gasteiger partial charge in [0.2, 0.25) is 0 Å². The highest BCUT2D eigenvalue weighted by Crippen LogP contribution is 2.22.